The van der Waals surface area contributed by atoms with Crippen molar-refractivity contribution in [2.75, 3.05) is 5.32 Å². The molecule has 0 aromatic carbocycles. The molecule has 0 spiro atoms. The number of pyridine rings is 2. The maximum Gasteiger partial charge on any atom is 0.218 e. The third kappa shape index (κ3) is 4.08. The molecule has 1 N–H and O–H groups in total. The number of hydrogen-bond acceptors (Lipinski definition) is 4. The van der Waals surface area contributed by atoms with Crippen molar-refractivity contribution in [2.24, 2.45) is 0 Å². The molecule has 4 nitrogen and oxygen atoms in total. The molecular formula is C14H15BrClN3O. The molecule has 2 aromatic heterocycles. The minimum absolute atomic E-state index is 0.0871. The van der Waals surface area contributed by atoms with Gasteiger partial charge in [-0.1, -0.05) is 17.7 Å². The third-order valence-corrected chi connectivity index (χ3v) is 3.26. The normalized spacial score (nSPS) is 10.7. The predicted molar refractivity (Wildman–Crippen MR) is 84.3 cm³/mol. The molecule has 2 heterocycles. The quantitative estimate of drug-likeness (QED) is 0.868. The summed E-state index contributed by atoms with van der Waals surface area (Å²) in [6, 6.07) is 5.65. The Morgan fingerprint density at radius 3 is 2.90 bits per heavy atom. The first-order valence-corrected chi connectivity index (χ1v) is 7.39. The number of rotatable bonds is 5. The Bertz CT molecular complexity index is 592. The number of nitrogens with one attached hydrogen (secondary N) is 1. The van der Waals surface area contributed by atoms with Gasteiger partial charge in [0.15, 0.2) is 0 Å². The van der Waals surface area contributed by atoms with Crippen LogP contribution in [0.4, 0.5) is 5.82 Å². The Kier molecular flexibility index (Phi) is 5.20. The van der Waals surface area contributed by atoms with Gasteiger partial charge in [0.25, 0.3) is 0 Å². The van der Waals surface area contributed by atoms with Crippen LogP contribution in [-0.4, -0.2) is 16.1 Å². The Morgan fingerprint density at radius 1 is 1.40 bits per heavy atom. The Hall–Kier alpha value is -1.33. The summed E-state index contributed by atoms with van der Waals surface area (Å²) in [7, 11) is 0. The summed E-state index contributed by atoms with van der Waals surface area (Å²) in [6.07, 6.45) is 3.41. The predicted octanol–water partition coefficient (Wildman–Crippen LogP) is 4.29. The van der Waals surface area contributed by atoms with Gasteiger partial charge in [0, 0.05) is 24.5 Å². The van der Waals surface area contributed by atoms with Crippen LogP contribution in [0.25, 0.3) is 0 Å². The zero-order valence-electron chi connectivity index (χ0n) is 11.2. The highest BCUT2D eigenvalue weighted by Crippen LogP contribution is 2.24. The molecule has 6 heteroatoms. The average Bonchev–Trinajstić information content (AvgIpc) is 2.39. The van der Waals surface area contributed by atoms with Crippen molar-refractivity contribution < 1.29 is 4.74 Å². The zero-order valence-corrected chi connectivity index (χ0v) is 13.6. The van der Waals surface area contributed by atoms with E-state index in [4.69, 9.17) is 16.3 Å². The lowest BCUT2D eigenvalue weighted by Crippen LogP contribution is -2.11. The highest BCUT2D eigenvalue weighted by molar-refractivity contribution is 9.10. The van der Waals surface area contributed by atoms with Crippen molar-refractivity contribution >= 4 is 33.3 Å². The Balaban J connectivity index is 2.10. The van der Waals surface area contributed by atoms with Gasteiger partial charge in [-0.15, -0.1) is 0 Å². The van der Waals surface area contributed by atoms with E-state index in [0.717, 1.165) is 15.9 Å². The van der Waals surface area contributed by atoms with Crippen molar-refractivity contribution in [2.45, 2.75) is 26.5 Å². The second kappa shape index (κ2) is 6.90. The number of halogens is 2. The zero-order chi connectivity index (χ0) is 14.5. The number of nitrogens with zero attached hydrogens (tertiary/aromatic N) is 2. The van der Waals surface area contributed by atoms with Crippen LogP contribution in [0.1, 0.15) is 19.4 Å². The number of ether oxygens (including phenoxy) is 1. The molecule has 0 fully saturated rings. The molecule has 0 saturated heterocycles. The van der Waals surface area contributed by atoms with E-state index in [9.17, 15) is 0 Å². The fourth-order valence-corrected chi connectivity index (χ4v) is 2.39. The molecule has 2 rings (SSSR count). The SMILES string of the molecule is CC(C)Oc1ncccc1CNc1ncc(Cl)cc1Br. The highest BCUT2D eigenvalue weighted by atomic mass is 79.9. The van der Waals surface area contributed by atoms with Crippen LogP contribution in [0, 0.1) is 0 Å². The number of hydrogen-bond donors (Lipinski definition) is 1. The number of aromatic nitrogens is 2. The molecule has 106 valence electrons. The minimum atomic E-state index is 0.0871. The first kappa shape index (κ1) is 15.1. The summed E-state index contributed by atoms with van der Waals surface area (Å²) >= 11 is 9.29. The first-order valence-electron chi connectivity index (χ1n) is 6.21. The second-order valence-electron chi connectivity index (χ2n) is 4.47. The van der Waals surface area contributed by atoms with E-state index >= 15 is 0 Å². The Morgan fingerprint density at radius 2 is 2.20 bits per heavy atom. The van der Waals surface area contributed by atoms with Crippen molar-refractivity contribution in [3.63, 3.8) is 0 Å². The van der Waals surface area contributed by atoms with E-state index < -0.39 is 0 Å². The van der Waals surface area contributed by atoms with Gasteiger partial charge in [-0.2, -0.15) is 0 Å². The summed E-state index contributed by atoms with van der Waals surface area (Å²) in [6.45, 7) is 4.52. The fourth-order valence-electron chi connectivity index (χ4n) is 1.61. The van der Waals surface area contributed by atoms with E-state index in [-0.39, 0.29) is 6.10 Å². The monoisotopic (exact) mass is 355 g/mol. The van der Waals surface area contributed by atoms with Gasteiger partial charge in [-0.05, 0) is 41.9 Å². The van der Waals surface area contributed by atoms with Crippen LogP contribution in [0.3, 0.4) is 0 Å². The van der Waals surface area contributed by atoms with Gasteiger partial charge in [0.1, 0.15) is 5.82 Å². The molecule has 0 aliphatic carbocycles. The average molecular weight is 357 g/mol. The molecule has 0 amide bonds. The van der Waals surface area contributed by atoms with Crippen LogP contribution >= 0.6 is 27.5 Å². The molecule has 0 aliphatic rings. The lowest BCUT2D eigenvalue weighted by molar-refractivity contribution is 0.230. The largest absolute Gasteiger partial charge is 0.475 e. The van der Waals surface area contributed by atoms with E-state index in [1.165, 1.54) is 0 Å². The summed E-state index contributed by atoms with van der Waals surface area (Å²) in [5.74, 6) is 1.37. The lowest BCUT2D eigenvalue weighted by atomic mass is 10.2. The second-order valence-corrected chi connectivity index (χ2v) is 5.76. The van der Waals surface area contributed by atoms with Gasteiger partial charge in [-0.3, -0.25) is 0 Å². The first-order chi connectivity index (χ1) is 9.56. The van der Waals surface area contributed by atoms with E-state index in [2.05, 4.69) is 31.2 Å². The van der Waals surface area contributed by atoms with Crippen LogP contribution in [-0.2, 0) is 6.54 Å². The van der Waals surface area contributed by atoms with Gasteiger partial charge >= 0.3 is 0 Å². The summed E-state index contributed by atoms with van der Waals surface area (Å²) < 4.78 is 6.50. The van der Waals surface area contributed by atoms with E-state index in [0.29, 0.717) is 17.4 Å². The molecule has 0 unspecified atom stereocenters. The van der Waals surface area contributed by atoms with Crippen molar-refractivity contribution in [1.82, 2.24) is 9.97 Å². The smallest absolute Gasteiger partial charge is 0.218 e. The van der Waals surface area contributed by atoms with Crippen LogP contribution < -0.4 is 10.1 Å². The molecular weight excluding hydrogens is 342 g/mol. The molecule has 0 saturated carbocycles. The Labute approximate surface area is 131 Å². The topological polar surface area (TPSA) is 47.0 Å². The van der Waals surface area contributed by atoms with Gasteiger partial charge in [0.2, 0.25) is 5.88 Å². The third-order valence-electron chi connectivity index (χ3n) is 2.45. The van der Waals surface area contributed by atoms with Gasteiger partial charge < -0.3 is 10.1 Å². The van der Waals surface area contributed by atoms with Crippen LogP contribution in [0.15, 0.2) is 35.1 Å². The lowest BCUT2D eigenvalue weighted by Gasteiger charge is -2.14. The standard InChI is InChI=1S/C14H15BrClN3O/c1-9(2)20-14-10(4-3-5-17-14)7-18-13-12(15)6-11(16)8-19-13/h3-6,8-9H,7H2,1-2H3,(H,18,19). The molecule has 0 atom stereocenters. The molecule has 2 aromatic rings. The van der Waals surface area contributed by atoms with Crippen molar-refractivity contribution in [3.05, 3.63) is 45.7 Å². The summed E-state index contributed by atoms with van der Waals surface area (Å²) in [5.41, 5.74) is 0.977. The van der Waals surface area contributed by atoms with Gasteiger partial charge in [-0.25, -0.2) is 9.97 Å². The fraction of sp³-hybridized carbons (Fsp3) is 0.286. The molecule has 0 bridgehead atoms. The summed E-state index contributed by atoms with van der Waals surface area (Å²) in [4.78, 5) is 8.48. The van der Waals surface area contributed by atoms with Crippen LogP contribution in [0.2, 0.25) is 5.02 Å². The summed E-state index contributed by atoms with van der Waals surface area (Å²) in [5, 5.41) is 3.82. The maximum atomic E-state index is 5.87. The number of anilines is 1. The van der Waals surface area contributed by atoms with Crippen molar-refractivity contribution in [3.8, 4) is 5.88 Å². The minimum Gasteiger partial charge on any atom is -0.475 e. The molecule has 0 radical (unpaired) electrons. The highest BCUT2D eigenvalue weighted by Gasteiger charge is 2.08. The van der Waals surface area contributed by atoms with Gasteiger partial charge in [0.05, 0.1) is 15.6 Å². The van der Waals surface area contributed by atoms with E-state index in [1.807, 2.05) is 26.0 Å². The maximum absolute atomic E-state index is 5.87. The van der Waals surface area contributed by atoms with E-state index in [1.54, 1.807) is 18.5 Å². The molecule has 0 aliphatic heterocycles. The van der Waals surface area contributed by atoms with Crippen LogP contribution in [0.5, 0.6) is 5.88 Å². The molecule has 20 heavy (non-hydrogen) atoms. The van der Waals surface area contributed by atoms with Crippen molar-refractivity contribution in [1.29, 1.82) is 0 Å².